The van der Waals surface area contributed by atoms with Crippen molar-refractivity contribution < 1.29 is 14.3 Å². The Morgan fingerprint density at radius 3 is 2.69 bits per heavy atom. The van der Waals surface area contributed by atoms with Crippen LogP contribution in [-0.4, -0.2) is 28.7 Å². The molecule has 0 N–H and O–H groups in total. The second kappa shape index (κ2) is 8.87. The molecule has 0 spiro atoms. The average molecular weight is 393 g/mol. The highest BCUT2D eigenvalue weighted by Crippen LogP contribution is 2.33. The van der Waals surface area contributed by atoms with Crippen molar-refractivity contribution in [3.05, 3.63) is 52.4 Å². The minimum Gasteiger partial charge on any atom is -0.454 e. The molecule has 1 aromatic heterocycles. The number of carbonyl (C=O) groups is 1. The van der Waals surface area contributed by atoms with Gasteiger partial charge < -0.3 is 18.9 Å². The van der Waals surface area contributed by atoms with Crippen molar-refractivity contribution in [2.75, 3.05) is 13.3 Å². The predicted molar refractivity (Wildman–Crippen MR) is 111 cm³/mol. The largest absolute Gasteiger partial charge is 0.454 e. The van der Waals surface area contributed by atoms with Crippen LogP contribution >= 0.6 is 0 Å². The van der Waals surface area contributed by atoms with Gasteiger partial charge in [-0.15, -0.1) is 0 Å². The molecule has 0 bridgehead atoms. The maximum atomic E-state index is 13.0. The summed E-state index contributed by atoms with van der Waals surface area (Å²) in [4.78, 5) is 14.7. The summed E-state index contributed by atoms with van der Waals surface area (Å²) >= 11 is 0. The van der Waals surface area contributed by atoms with Crippen molar-refractivity contribution in [2.24, 2.45) is 0 Å². The van der Waals surface area contributed by atoms with E-state index in [2.05, 4.69) is 17.6 Å². The van der Waals surface area contributed by atoms with E-state index in [0.717, 1.165) is 35.5 Å². The van der Waals surface area contributed by atoms with Crippen LogP contribution in [0.4, 0.5) is 0 Å². The summed E-state index contributed by atoms with van der Waals surface area (Å²) in [5.74, 6) is 1.13. The lowest BCUT2D eigenvalue weighted by molar-refractivity contribution is -0.127. The van der Waals surface area contributed by atoms with Gasteiger partial charge in [0.05, 0.1) is 0 Å². The molecular weight excluding hydrogens is 366 g/mol. The van der Waals surface area contributed by atoms with E-state index in [1.54, 1.807) is 11.0 Å². The van der Waals surface area contributed by atoms with Gasteiger partial charge in [-0.05, 0) is 62.6 Å². The summed E-state index contributed by atoms with van der Waals surface area (Å²) in [5.41, 5.74) is 4.20. The summed E-state index contributed by atoms with van der Waals surface area (Å²) in [6, 6.07) is 9.77. The molecular formula is C23H27N3O3. The van der Waals surface area contributed by atoms with Gasteiger partial charge in [0.1, 0.15) is 11.6 Å². The van der Waals surface area contributed by atoms with Gasteiger partial charge in [0.2, 0.25) is 6.79 Å². The zero-order valence-corrected chi connectivity index (χ0v) is 17.5. The number of amides is 1. The summed E-state index contributed by atoms with van der Waals surface area (Å²) < 4.78 is 13.0. The Balaban J connectivity index is 1.83. The molecule has 0 saturated heterocycles. The number of hydrogen-bond donors (Lipinski definition) is 0. The third-order valence-electron chi connectivity index (χ3n) is 5.19. The molecule has 2 aromatic rings. The molecule has 29 heavy (non-hydrogen) atoms. The first-order chi connectivity index (χ1) is 14.0. The van der Waals surface area contributed by atoms with Crippen molar-refractivity contribution in [2.45, 2.75) is 47.2 Å². The second-order valence-corrected chi connectivity index (χ2v) is 7.15. The standard InChI is InChI=1S/C23H27N3O3/c1-5-9-26-16(3)10-19(17(26)4)12-20(13-24)23(27)25(6-2)14-18-7-8-21-22(11-18)29-15-28-21/h7-8,10-12H,5-6,9,14-15H2,1-4H3/b20-12-. The number of nitriles is 1. The lowest BCUT2D eigenvalue weighted by Gasteiger charge is -2.20. The number of aryl methyl sites for hydroxylation is 1. The van der Waals surface area contributed by atoms with Gasteiger partial charge in [0, 0.05) is 31.0 Å². The maximum Gasteiger partial charge on any atom is 0.264 e. The van der Waals surface area contributed by atoms with Crippen molar-refractivity contribution in [1.29, 1.82) is 5.26 Å². The Labute approximate surface area is 171 Å². The molecule has 2 heterocycles. The molecule has 0 aliphatic carbocycles. The molecule has 0 atom stereocenters. The Morgan fingerprint density at radius 2 is 2.00 bits per heavy atom. The van der Waals surface area contributed by atoms with Gasteiger partial charge in [-0.2, -0.15) is 5.26 Å². The summed E-state index contributed by atoms with van der Waals surface area (Å²) in [5, 5.41) is 9.66. The van der Waals surface area contributed by atoms with E-state index < -0.39 is 0 Å². The first kappa shape index (κ1) is 20.5. The lowest BCUT2D eigenvalue weighted by atomic mass is 10.1. The zero-order chi connectivity index (χ0) is 21.0. The molecule has 152 valence electrons. The number of benzene rings is 1. The van der Waals surface area contributed by atoms with Crippen molar-refractivity contribution in [3.8, 4) is 17.6 Å². The lowest BCUT2D eigenvalue weighted by Crippen LogP contribution is -2.31. The monoisotopic (exact) mass is 393 g/mol. The normalized spacial score (nSPS) is 12.7. The minimum absolute atomic E-state index is 0.143. The first-order valence-electron chi connectivity index (χ1n) is 9.94. The number of rotatable bonds is 7. The fraction of sp³-hybridized carbons (Fsp3) is 0.391. The van der Waals surface area contributed by atoms with Gasteiger partial charge in [-0.25, -0.2) is 0 Å². The average Bonchev–Trinajstić information content (AvgIpc) is 3.29. The molecule has 1 aliphatic heterocycles. The van der Waals surface area contributed by atoms with Crippen LogP contribution in [0.2, 0.25) is 0 Å². The maximum absolute atomic E-state index is 13.0. The highest BCUT2D eigenvalue weighted by molar-refractivity contribution is 6.01. The number of nitrogens with zero attached hydrogens (tertiary/aromatic N) is 3. The van der Waals surface area contributed by atoms with Crippen molar-refractivity contribution >= 4 is 12.0 Å². The van der Waals surface area contributed by atoms with E-state index in [9.17, 15) is 10.1 Å². The van der Waals surface area contributed by atoms with Crippen molar-refractivity contribution in [1.82, 2.24) is 9.47 Å². The van der Waals surface area contributed by atoms with E-state index >= 15 is 0 Å². The van der Waals surface area contributed by atoms with E-state index in [4.69, 9.17) is 9.47 Å². The van der Waals surface area contributed by atoms with E-state index in [0.29, 0.717) is 24.6 Å². The smallest absolute Gasteiger partial charge is 0.264 e. The molecule has 0 saturated carbocycles. The summed E-state index contributed by atoms with van der Waals surface area (Å²) in [6.07, 6.45) is 2.74. The van der Waals surface area contributed by atoms with Crippen LogP contribution < -0.4 is 9.47 Å². The fourth-order valence-electron chi connectivity index (χ4n) is 3.60. The Morgan fingerprint density at radius 1 is 1.24 bits per heavy atom. The van der Waals surface area contributed by atoms with E-state index in [-0.39, 0.29) is 18.3 Å². The van der Waals surface area contributed by atoms with Crippen molar-refractivity contribution in [3.63, 3.8) is 0 Å². The second-order valence-electron chi connectivity index (χ2n) is 7.15. The Bertz CT molecular complexity index is 982. The molecule has 0 radical (unpaired) electrons. The van der Waals surface area contributed by atoms with Crippen LogP contribution in [0.5, 0.6) is 11.5 Å². The molecule has 6 heteroatoms. The Kier molecular flexibility index (Phi) is 6.28. The van der Waals surface area contributed by atoms with Gasteiger partial charge in [-0.3, -0.25) is 4.79 Å². The van der Waals surface area contributed by atoms with Crippen LogP contribution in [0.1, 0.15) is 42.8 Å². The van der Waals surface area contributed by atoms with E-state index in [1.165, 1.54) is 0 Å². The number of aromatic nitrogens is 1. The molecule has 1 aliphatic rings. The third-order valence-corrected chi connectivity index (χ3v) is 5.19. The summed E-state index contributed by atoms with van der Waals surface area (Å²) in [6.45, 7) is 10.2. The first-order valence-corrected chi connectivity index (χ1v) is 9.94. The Hall–Kier alpha value is -3.20. The van der Waals surface area contributed by atoms with Crippen LogP contribution in [0.25, 0.3) is 6.08 Å². The topological polar surface area (TPSA) is 67.5 Å². The van der Waals surface area contributed by atoms with Gasteiger partial charge in [0.25, 0.3) is 5.91 Å². The molecule has 0 fully saturated rings. The number of likely N-dealkylation sites (N-methyl/N-ethyl adjacent to an activating group) is 1. The number of ether oxygens (including phenoxy) is 2. The number of hydrogen-bond acceptors (Lipinski definition) is 4. The minimum atomic E-state index is -0.270. The number of carbonyl (C=O) groups excluding carboxylic acids is 1. The van der Waals surface area contributed by atoms with Crippen LogP contribution in [0.15, 0.2) is 29.8 Å². The molecule has 1 amide bonds. The molecule has 1 aromatic carbocycles. The highest BCUT2D eigenvalue weighted by Gasteiger charge is 2.20. The van der Waals surface area contributed by atoms with Gasteiger partial charge in [0.15, 0.2) is 11.5 Å². The SMILES string of the molecule is CCCn1c(C)cc(/C=C(/C#N)C(=O)N(CC)Cc2ccc3c(c2)OCO3)c1C. The predicted octanol–water partition coefficient (Wildman–Crippen LogP) is 4.20. The van der Waals surface area contributed by atoms with Gasteiger partial charge >= 0.3 is 0 Å². The van der Waals surface area contributed by atoms with Gasteiger partial charge in [-0.1, -0.05) is 13.0 Å². The third kappa shape index (κ3) is 4.29. The van der Waals surface area contributed by atoms with Crippen LogP contribution in [0, 0.1) is 25.2 Å². The zero-order valence-electron chi connectivity index (χ0n) is 17.5. The molecule has 3 rings (SSSR count). The highest BCUT2D eigenvalue weighted by atomic mass is 16.7. The molecule has 0 unspecified atom stereocenters. The number of fused-ring (bicyclic) bond motifs is 1. The molecule has 6 nitrogen and oxygen atoms in total. The quantitative estimate of drug-likeness (QED) is 0.522. The van der Waals surface area contributed by atoms with E-state index in [1.807, 2.05) is 45.0 Å². The fourth-order valence-corrected chi connectivity index (χ4v) is 3.60. The van der Waals surface area contributed by atoms with Crippen LogP contribution in [0.3, 0.4) is 0 Å². The summed E-state index contributed by atoms with van der Waals surface area (Å²) in [7, 11) is 0. The van der Waals surface area contributed by atoms with Crippen LogP contribution in [-0.2, 0) is 17.9 Å².